The number of carbonyl (C=O) groups excluding carboxylic acids is 2. The van der Waals surface area contributed by atoms with Crippen LogP contribution in [0.1, 0.15) is 16.8 Å². The first-order chi connectivity index (χ1) is 15.0. The average molecular weight is 417 g/mol. The molecule has 0 saturated heterocycles. The second-order valence-corrected chi connectivity index (χ2v) is 6.87. The number of aryl methyl sites for hydroxylation is 2. The van der Waals surface area contributed by atoms with Crippen LogP contribution in [-0.2, 0) is 18.4 Å². The molecule has 0 aliphatic heterocycles. The minimum Gasteiger partial charge on any atom is -0.426 e. The van der Waals surface area contributed by atoms with Gasteiger partial charge in [0.1, 0.15) is 5.75 Å². The van der Waals surface area contributed by atoms with Crippen LogP contribution in [-0.4, -0.2) is 31.2 Å². The first-order valence-electron chi connectivity index (χ1n) is 9.54. The molecular formula is C22H19N5O4. The summed E-state index contributed by atoms with van der Waals surface area (Å²) in [5.74, 6) is -0.423. The third-order valence-corrected chi connectivity index (χ3v) is 4.60. The zero-order chi connectivity index (χ0) is 21.8. The van der Waals surface area contributed by atoms with Crippen molar-refractivity contribution in [3.63, 3.8) is 0 Å². The number of aromatic nitrogens is 4. The van der Waals surface area contributed by atoms with Crippen molar-refractivity contribution < 1.29 is 14.3 Å². The van der Waals surface area contributed by atoms with Crippen molar-refractivity contribution in [1.29, 1.82) is 0 Å². The maximum Gasteiger partial charge on any atom is 0.312 e. The van der Waals surface area contributed by atoms with E-state index in [9.17, 15) is 14.4 Å². The second-order valence-electron chi connectivity index (χ2n) is 6.87. The van der Waals surface area contributed by atoms with E-state index in [0.29, 0.717) is 27.9 Å². The molecule has 0 radical (unpaired) electrons. The first kappa shape index (κ1) is 20.0. The zero-order valence-electron chi connectivity index (χ0n) is 16.7. The van der Waals surface area contributed by atoms with E-state index in [1.807, 2.05) is 6.07 Å². The molecular weight excluding hydrogens is 398 g/mol. The van der Waals surface area contributed by atoms with Crippen LogP contribution in [0.2, 0.25) is 0 Å². The number of amides is 1. The van der Waals surface area contributed by atoms with Crippen molar-refractivity contribution >= 4 is 28.5 Å². The molecule has 2 heterocycles. The summed E-state index contributed by atoms with van der Waals surface area (Å²) in [6, 6.07) is 13.5. The molecule has 0 atom stereocenters. The Morgan fingerprint density at radius 1 is 1.10 bits per heavy atom. The number of nitrogens with zero attached hydrogens (tertiary/aromatic N) is 4. The number of hydrogen-bond acceptors (Lipinski definition) is 6. The summed E-state index contributed by atoms with van der Waals surface area (Å²) in [4.78, 5) is 41.0. The SMILES string of the molecule is Cn1cc(C(=O)Nc2ccc(OC(=O)CCn3cnc4ccccc4c3=O)cc2)cn1. The maximum atomic E-state index is 12.5. The lowest BCUT2D eigenvalue weighted by atomic mass is 10.2. The monoisotopic (exact) mass is 417 g/mol. The predicted molar refractivity (Wildman–Crippen MR) is 114 cm³/mol. The van der Waals surface area contributed by atoms with Gasteiger partial charge in [0.15, 0.2) is 0 Å². The van der Waals surface area contributed by atoms with Crippen molar-refractivity contribution in [2.24, 2.45) is 7.05 Å². The molecule has 4 rings (SSSR count). The molecule has 9 heteroatoms. The molecule has 1 amide bonds. The number of para-hydroxylation sites is 1. The summed E-state index contributed by atoms with van der Waals surface area (Å²) in [7, 11) is 1.73. The highest BCUT2D eigenvalue weighted by Crippen LogP contribution is 2.17. The van der Waals surface area contributed by atoms with E-state index in [4.69, 9.17) is 4.74 Å². The number of carbonyl (C=O) groups is 2. The molecule has 0 bridgehead atoms. The minimum atomic E-state index is -0.479. The number of fused-ring (bicyclic) bond motifs is 1. The van der Waals surface area contributed by atoms with E-state index in [0.717, 1.165) is 0 Å². The van der Waals surface area contributed by atoms with E-state index >= 15 is 0 Å². The molecule has 2 aromatic carbocycles. The Labute approximate surface area is 176 Å². The van der Waals surface area contributed by atoms with E-state index in [-0.39, 0.29) is 24.4 Å². The number of esters is 1. The van der Waals surface area contributed by atoms with Crippen LogP contribution in [0.3, 0.4) is 0 Å². The lowest BCUT2D eigenvalue weighted by Crippen LogP contribution is -2.23. The highest BCUT2D eigenvalue weighted by Gasteiger charge is 2.10. The van der Waals surface area contributed by atoms with Crippen molar-refractivity contribution in [3.8, 4) is 5.75 Å². The quantitative estimate of drug-likeness (QED) is 0.381. The van der Waals surface area contributed by atoms with Gasteiger partial charge < -0.3 is 10.1 Å². The van der Waals surface area contributed by atoms with E-state index < -0.39 is 5.97 Å². The van der Waals surface area contributed by atoms with Gasteiger partial charge in [0.2, 0.25) is 0 Å². The number of ether oxygens (including phenoxy) is 1. The van der Waals surface area contributed by atoms with Crippen LogP contribution in [0, 0.1) is 0 Å². The van der Waals surface area contributed by atoms with Gasteiger partial charge in [-0.05, 0) is 36.4 Å². The maximum absolute atomic E-state index is 12.5. The molecule has 0 aliphatic rings. The molecule has 0 saturated carbocycles. The van der Waals surface area contributed by atoms with Gasteiger partial charge in [0.25, 0.3) is 11.5 Å². The minimum absolute atomic E-state index is 0.0133. The molecule has 0 fully saturated rings. The standard InChI is InChI=1S/C22H19N5O4/c1-26-13-15(12-24-26)21(29)25-16-6-8-17(9-7-16)31-20(28)10-11-27-14-23-19-5-3-2-4-18(19)22(27)30/h2-9,12-14H,10-11H2,1H3,(H,25,29). The van der Waals surface area contributed by atoms with Gasteiger partial charge in [-0.3, -0.25) is 23.6 Å². The Morgan fingerprint density at radius 2 is 1.87 bits per heavy atom. The fourth-order valence-electron chi connectivity index (χ4n) is 3.01. The lowest BCUT2D eigenvalue weighted by molar-refractivity contribution is -0.134. The van der Waals surface area contributed by atoms with Crippen LogP contribution in [0.25, 0.3) is 10.9 Å². The van der Waals surface area contributed by atoms with Crippen LogP contribution >= 0.6 is 0 Å². The third kappa shape index (κ3) is 4.67. The van der Waals surface area contributed by atoms with Crippen LogP contribution in [0.15, 0.2) is 72.0 Å². The lowest BCUT2D eigenvalue weighted by Gasteiger charge is -2.08. The number of benzene rings is 2. The molecule has 0 unspecified atom stereocenters. The van der Waals surface area contributed by atoms with Crippen LogP contribution < -0.4 is 15.6 Å². The highest BCUT2D eigenvalue weighted by molar-refractivity contribution is 6.03. The highest BCUT2D eigenvalue weighted by atomic mass is 16.5. The molecule has 156 valence electrons. The molecule has 0 spiro atoms. The zero-order valence-corrected chi connectivity index (χ0v) is 16.7. The fraction of sp³-hybridized carbons (Fsp3) is 0.136. The number of hydrogen-bond donors (Lipinski definition) is 1. The number of nitrogens with one attached hydrogen (secondary N) is 1. The van der Waals surface area contributed by atoms with Gasteiger partial charge in [-0.1, -0.05) is 12.1 Å². The van der Waals surface area contributed by atoms with Gasteiger partial charge in [0.05, 0.1) is 35.4 Å². The normalized spacial score (nSPS) is 10.7. The Balaban J connectivity index is 1.33. The Morgan fingerprint density at radius 3 is 2.61 bits per heavy atom. The number of anilines is 1. The molecule has 4 aromatic rings. The van der Waals surface area contributed by atoms with Gasteiger partial charge in [0, 0.05) is 25.5 Å². The Kier molecular flexibility index (Phi) is 5.57. The molecule has 9 nitrogen and oxygen atoms in total. The summed E-state index contributed by atoms with van der Waals surface area (Å²) in [5, 5.41) is 7.20. The largest absolute Gasteiger partial charge is 0.426 e. The summed E-state index contributed by atoms with van der Waals surface area (Å²) in [6.45, 7) is 0.161. The van der Waals surface area contributed by atoms with Crippen LogP contribution in [0.4, 0.5) is 5.69 Å². The van der Waals surface area contributed by atoms with Gasteiger partial charge in [-0.2, -0.15) is 5.10 Å². The summed E-state index contributed by atoms with van der Waals surface area (Å²) in [5.41, 5.74) is 1.41. The van der Waals surface area contributed by atoms with Gasteiger partial charge in [-0.25, -0.2) is 4.98 Å². The first-order valence-corrected chi connectivity index (χ1v) is 9.54. The predicted octanol–water partition coefficient (Wildman–Crippen LogP) is 2.38. The second kappa shape index (κ2) is 8.62. The van der Waals surface area contributed by atoms with E-state index in [1.165, 1.54) is 17.1 Å². The van der Waals surface area contributed by atoms with E-state index in [2.05, 4.69) is 15.4 Å². The van der Waals surface area contributed by atoms with Crippen molar-refractivity contribution in [2.75, 3.05) is 5.32 Å². The third-order valence-electron chi connectivity index (χ3n) is 4.60. The topological polar surface area (TPSA) is 108 Å². The molecule has 1 N–H and O–H groups in total. The fourth-order valence-corrected chi connectivity index (χ4v) is 3.01. The molecule has 2 aromatic heterocycles. The number of rotatable bonds is 6. The van der Waals surface area contributed by atoms with Crippen molar-refractivity contribution in [1.82, 2.24) is 19.3 Å². The van der Waals surface area contributed by atoms with Crippen molar-refractivity contribution in [3.05, 3.63) is 83.2 Å². The Hall–Kier alpha value is -4.27. The van der Waals surface area contributed by atoms with Crippen molar-refractivity contribution in [2.45, 2.75) is 13.0 Å². The summed E-state index contributed by atoms with van der Waals surface area (Å²) >= 11 is 0. The molecule has 0 aliphatic carbocycles. The van der Waals surface area contributed by atoms with Crippen LogP contribution in [0.5, 0.6) is 5.75 Å². The van der Waals surface area contributed by atoms with Gasteiger partial charge in [-0.15, -0.1) is 0 Å². The van der Waals surface area contributed by atoms with Gasteiger partial charge >= 0.3 is 5.97 Å². The average Bonchev–Trinajstić information content (AvgIpc) is 3.21. The summed E-state index contributed by atoms with van der Waals surface area (Å²) in [6.07, 6.45) is 4.53. The Bertz CT molecular complexity index is 1310. The molecule has 31 heavy (non-hydrogen) atoms. The van der Waals surface area contributed by atoms with E-state index in [1.54, 1.807) is 60.4 Å². The smallest absolute Gasteiger partial charge is 0.312 e. The summed E-state index contributed by atoms with van der Waals surface area (Å²) < 4.78 is 8.24.